The van der Waals surface area contributed by atoms with Crippen LogP contribution in [-0.4, -0.2) is 9.97 Å². The summed E-state index contributed by atoms with van der Waals surface area (Å²) in [5.41, 5.74) is 2.02. The minimum absolute atomic E-state index is 0.0568. The van der Waals surface area contributed by atoms with E-state index >= 15 is 0 Å². The first kappa shape index (κ1) is 22.0. The summed E-state index contributed by atoms with van der Waals surface area (Å²) in [6.45, 7) is 0. The van der Waals surface area contributed by atoms with Crippen LogP contribution < -0.4 is 4.73 Å². The van der Waals surface area contributed by atoms with Crippen molar-refractivity contribution in [2.75, 3.05) is 0 Å². The van der Waals surface area contributed by atoms with Crippen molar-refractivity contribution in [1.82, 2.24) is 9.97 Å². The number of imidazole rings is 1. The highest BCUT2D eigenvalue weighted by Gasteiger charge is 2.27. The number of benzene rings is 3. The van der Waals surface area contributed by atoms with Gasteiger partial charge in [0.25, 0.3) is 0 Å². The Morgan fingerprint density at radius 3 is 2.53 bits per heavy atom. The summed E-state index contributed by atoms with van der Waals surface area (Å²) in [6.07, 6.45) is 1.54. The van der Waals surface area contributed by atoms with Gasteiger partial charge in [-0.05, 0) is 42.3 Å². The Bertz CT molecular complexity index is 1500. The van der Waals surface area contributed by atoms with E-state index in [9.17, 15) is 18.4 Å². The lowest BCUT2D eigenvalue weighted by molar-refractivity contribution is -0.614. The average molecular weight is 480 g/mol. The molecule has 0 fully saturated rings. The van der Waals surface area contributed by atoms with Gasteiger partial charge in [-0.25, -0.2) is 18.2 Å². The summed E-state index contributed by atoms with van der Waals surface area (Å²) in [6, 6.07) is 18.9. The maximum atomic E-state index is 14.5. The number of nitrogens with zero attached hydrogens (tertiary/aromatic N) is 2. The lowest BCUT2D eigenvalue weighted by Gasteiger charge is -2.16. The molecule has 2 aromatic heterocycles. The van der Waals surface area contributed by atoms with Gasteiger partial charge in [0.2, 0.25) is 5.69 Å². The second-order valence-corrected chi connectivity index (χ2v) is 8.32. The molecule has 1 N–H and O–H groups in total. The second kappa shape index (κ2) is 8.83. The van der Waals surface area contributed by atoms with E-state index in [2.05, 4.69) is 9.97 Å². The molecule has 3 aromatic carbocycles. The van der Waals surface area contributed by atoms with Crippen LogP contribution in [0.2, 0.25) is 5.02 Å². The molecule has 0 saturated carbocycles. The van der Waals surface area contributed by atoms with E-state index < -0.39 is 23.4 Å². The molecule has 170 valence electrons. The van der Waals surface area contributed by atoms with Crippen molar-refractivity contribution >= 4 is 22.6 Å². The lowest BCUT2D eigenvalue weighted by atomic mass is 9.94. The van der Waals surface area contributed by atoms with Crippen molar-refractivity contribution in [3.63, 3.8) is 0 Å². The van der Waals surface area contributed by atoms with Gasteiger partial charge in [0.05, 0.1) is 27.2 Å². The molecule has 5 aromatic rings. The Morgan fingerprint density at radius 1 is 0.971 bits per heavy atom. The minimum atomic E-state index is -0.936. The highest BCUT2D eigenvalue weighted by molar-refractivity contribution is 6.31. The standard InChI is InChI=1S/C26H17ClF3N3O/c27-19-8-9-20(29)24(25(19)30)16-6-11-23(33(34)14-16)18(12-15-4-2-1-3-5-15)26-31-21-10-7-17(28)13-22(21)32-26/h1-11,13-14,18H,12H2,(H,31,32). The summed E-state index contributed by atoms with van der Waals surface area (Å²) < 4.78 is 43.1. The number of hydrogen-bond donors (Lipinski definition) is 1. The fourth-order valence-electron chi connectivity index (χ4n) is 4.06. The van der Waals surface area contributed by atoms with Gasteiger partial charge in [-0.15, -0.1) is 0 Å². The molecule has 0 saturated heterocycles. The van der Waals surface area contributed by atoms with E-state index in [1.165, 1.54) is 24.3 Å². The number of pyridine rings is 1. The molecule has 0 amide bonds. The topological polar surface area (TPSA) is 55.6 Å². The Morgan fingerprint density at radius 2 is 1.76 bits per heavy atom. The predicted octanol–water partition coefficient (Wildman–Crippen LogP) is 6.31. The van der Waals surface area contributed by atoms with Crippen LogP contribution in [0.1, 0.15) is 23.0 Å². The Balaban J connectivity index is 1.62. The fraction of sp³-hybridized carbons (Fsp3) is 0.0769. The SMILES string of the molecule is [O-][n+]1cc(-c2c(F)ccc(Cl)c2F)ccc1C(Cc1ccccc1)c1nc2cc(F)ccc2[nH]1. The molecule has 5 rings (SSSR count). The molecule has 1 unspecified atom stereocenters. The van der Waals surface area contributed by atoms with Gasteiger partial charge in [-0.3, -0.25) is 0 Å². The zero-order valence-electron chi connectivity index (χ0n) is 17.6. The molecule has 0 bridgehead atoms. The normalized spacial score (nSPS) is 12.2. The van der Waals surface area contributed by atoms with Gasteiger partial charge in [0, 0.05) is 12.1 Å². The van der Waals surface area contributed by atoms with Crippen molar-refractivity contribution in [2.24, 2.45) is 0 Å². The predicted molar refractivity (Wildman–Crippen MR) is 124 cm³/mol. The van der Waals surface area contributed by atoms with Crippen LogP contribution in [0.5, 0.6) is 0 Å². The summed E-state index contributed by atoms with van der Waals surface area (Å²) in [4.78, 5) is 7.70. The zero-order valence-corrected chi connectivity index (χ0v) is 18.4. The van der Waals surface area contributed by atoms with Crippen LogP contribution in [0.4, 0.5) is 13.2 Å². The molecule has 0 aliphatic carbocycles. The van der Waals surface area contributed by atoms with Crippen LogP contribution in [0.25, 0.3) is 22.2 Å². The summed E-state index contributed by atoms with van der Waals surface area (Å²) in [5, 5.41) is 12.9. The van der Waals surface area contributed by atoms with Crippen molar-refractivity contribution in [1.29, 1.82) is 0 Å². The van der Waals surface area contributed by atoms with Gasteiger partial charge in [-0.2, -0.15) is 4.73 Å². The first-order valence-corrected chi connectivity index (χ1v) is 10.8. The van der Waals surface area contributed by atoms with Crippen molar-refractivity contribution < 1.29 is 17.9 Å². The monoisotopic (exact) mass is 479 g/mol. The van der Waals surface area contributed by atoms with E-state index in [0.29, 0.717) is 33.7 Å². The Kier molecular flexibility index (Phi) is 5.71. The van der Waals surface area contributed by atoms with E-state index in [-0.39, 0.29) is 16.1 Å². The largest absolute Gasteiger partial charge is 0.618 e. The van der Waals surface area contributed by atoms with Gasteiger partial charge in [-0.1, -0.05) is 41.9 Å². The Hall–Kier alpha value is -3.84. The van der Waals surface area contributed by atoms with Crippen LogP contribution in [0, 0.1) is 22.7 Å². The Labute approximate surface area is 197 Å². The number of nitrogens with one attached hydrogen (secondary N) is 1. The summed E-state index contributed by atoms with van der Waals surface area (Å²) in [7, 11) is 0. The third-order valence-corrected chi connectivity index (χ3v) is 6.00. The van der Waals surface area contributed by atoms with Gasteiger partial charge >= 0.3 is 0 Å². The summed E-state index contributed by atoms with van der Waals surface area (Å²) in [5.74, 6) is -2.23. The molecule has 0 aliphatic heterocycles. The molecule has 4 nitrogen and oxygen atoms in total. The van der Waals surface area contributed by atoms with Gasteiger partial charge in [0.15, 0.2) is 12.0 Å². The van der Waals surface area contributed by atoms with Crippen molar-refractivity contribution in [3.05, 3.63) is 124 Å². The highest BCUT2D eigenvalue weighted by atomic mass is 35.5. The molecular weight excluding hydrogens is 463 g/mol. The fourth-order valence-corrected chi connectivity index (χ4v) is 4.21. The van der Waals surface area contributed by atoms with Gasteiger partial charge in [0.1, 0.15) is 23.4 Å². The number of rotatable bonds is 5. The molecule has 8 heteroatoms. The molecule has 34 heavy (non-hydrogen) atoms. The first-order chi connectivity index (χ1) is 16.4. The number of aromatic nitrogens is 3. The van der Waals surface area contributed by atoms with Crippen molar-refractivity contribution in [2.45, 2.75) is 12.3 Å². The van der Waals surface area contributed by atoms with Gasteiger partial charge < -0.3 is 10.2 Å². The van der Waals surface area contributed by atoms with Crippen LogP contribution in [0.15, 0.2) is 79.0 Å². The van der Waals surface area contributed by atoms with Crippen molar-refractivity contribution in [3.8, 4) is 11.1 Å². The first-order valence-electron chi connectivity index (χ1n) is 10.5. The maximum Gasteiger partial charge on any atom is 0.203 e. The number of fused-ring (bicyclic) bond motifs is 1. The smallest absolute Gasteiger partial charge is 0.203 e. The van der Waals surface area contributed by atoms with E-state index in [0.717, 1.165) is 23.9 Å². The van der Waals surface area contributed by atoms with Crippen LogP contribution in [0.3, 0.4) is 0 Å². The van der Waals surface area contributed by atoms with E-state index in [1.54, 1.807) is 6.07 Å². The molecule has 1 atom stereocenters. The second-order valence-electron chi connectivity index (χ2n) is 7.91. The molecule has 2 heterocycles. The molecule has 0 spiro atoms. The van der Waals surface area contributed by atoms with E-state index in [1.807, 2.05) is 30.3 Å². The zero-order chi connectivity index (χ0) is 23.8. The number of aromatic amines is 1. The van der Waals surface area contributed by atoms with Crippen LogP contribution in [-0.2, 0) is 6.42 Å². The highest BCUT2D eigenvalue weighted by Crippen LogP contribution is 2.32. The maximum absolute atomic E-state index is 14.5. The van der Waals surface area contributed by atoms with Crippen LogP contribution >= 0.6 is 11.6 Å². The minimum Gasteiger partial charge on any atom is -0.618 e. The third-order valence-electron chi connectivity index (χ3n) is 5.71. The molecule has 0 aliphatic rings. The number of H-pyrrole nitrogens is 1. The summed E-state index contributed by atoms with van der Waals surface area (Å²) >= 11 is 5.81. The third kappa shape index (κ3) is 4.10. The average Bonchev–Trinajstić information content (AvgIpc) is 3.24. The lowest BCUT2D eigenvalue weighted by Crippen LogP contribution is -2.34. The van der Waals surface area contributed by atoms with E-state index in [4.69, 9.17) is 11.6 Å². The molecular formula is C26H17ClF3N3O. The number of hydrogen-bond acceptors (Lipinski definition) is 2. The quantitative estimate of drug-likeness (QED) is 0.182. The number of halogens is 4. The molecule has 0 radical (unpaired) electrons.